The van der Waals surface area contributed by atoms with Gasteiger partial charge in [-0.3, -0.25) is 0 Å². The number of carbonyl (C=O) groups is 2. The lowest BCUT2D eigenvalue weighted by Gasteiger charge is -2.48. The van der Waals surface area contributed by atoms with Gasteiger partial charge >= 0.3 is 11.9 Å². The van der Waals surface area contributed by atoms with Gasteiger partial charge in [-0.2, -0.15) is 0 Å². The summed E-state index contributed by atoms with van der Waals surface area (Å²) in [5.74, 6) is -0.927. The molecule has 0 bridgehead atoms. The molecular weight excluding hydrogens is 310 g/mol. The Hall–Kier alpha value is -1.14. The van der Waals surface area contributed by atoms with Crippen molar-refractivity contribution in [2.24, 2.45) is 5.41 Å². The molecule has 6 nitrogen and oxygen atoms in total. The lowest BCUT2D eigenvalue weighted by atomic mass is 9.69. The van der Waals surface area contributed by atoms with Crippen molar-refractivity contribution in [2.75, 3.05) is 32.9 Å². The van der Waals surface area contributed by atoms with Gasteiger partial charge in [0.15, 0.2) is 0 Å². The largest absolute Gasteiger partial charge is 0.461 e. The molecule has 0 radical (unpaired) electrons. The van der Waals surface area contributed by atoms with E-state index in [-0.39, 0.29) is 24.2 Å². The second-order valence-corrected chi connectivity index (χ2v) is 7.66. The maximum absolute atomic E-state index is 12.4. The second kappa shape index (κ2) is 7.83. The van der Waals surface area contributed by atoms with E-state index in [1.165, 1.54) is 0 Å². The highest BCUT2D eigenvalue weighted by atomic mass is 16.6. The molecule has 2 rings (SSSR count). The lowest BCUT2D eigenvalue weighted by molar-refractivity contribution is -0.921. The number of rotatable bonds is 5. The zero-order chi connectivity index (χ0) is 17.8. The van der Waals surface area contributed by atoms with Crippen LogP contribution < -0.4 is 4.90 Å². The van der Waals surface area contributed by atoms with E-state index in [0.717, 1.165) is 50.3 Å². The number of ether oxygens (including phenoxy) is 3. The molecule has 0 amide bonds. The number of likely N-dealkylation sites (tertiary alicyclic amines) is 1. The summed E-state index contributed by atoms with van der Waals surface area (Å²) in [6, 6.07) is -0.868. The molecule has 1 N–H and O–H groups in total. The van der Waals surface area contributed by atoms with Gasteiger partial charge in [-0.25, -0.2) is 9.59 Å². The fourth-order valence-corrected chi connectivity index (χ4v) is 4.43. The monoisotopic (exact) mass is 342 g/mol. The van der Waals surface area contributed by atoms with Gasteiger partial charge < -0.3 is 19.1 Å². The molecule has 2 aliphatic heterocycles. The molecule has 1 spiro atoms. The number of quaternary nitrogens is 1. The molecule has 0 aromatic carbocycles. The molecule has 0 aliphatic carbocycles. The van der Waals surface area contributed by atoms with Crippen LogP contribution in [0.5, 0.6) is 0 Å². The van der Waals surface area contributed by atoms with Crippen molar-refractivity contribution in [2.45, 2.75) is 65.0 Å². The summed E-state index contributed by atoms with van der Waals surface area (Å²) in [6.45, 7) is 10.6. The first-order valence-electron chi connectivity index (χ1n) is 9.14. The van der Waals surface area contributed by atoms with E-state index >= 15 is 0 Å². The van der Waals surface area contributed by atoms with Crippen LogP contribution in [0.2, 0.25) is 0 Å². The summed E-state index contributed by atoms with van der Waals surface area (Å²) in [5.41, 5.74) is -0.0172. The quantitative estimate of drug-likeness (QED) is 0.590. The molecule has 138 valence electrons. The Balaban J connectivity index is 2.17. The predicted molar refractivity (Wildman–Crippen MR) is 88.7 cm³/mol. The molecule has 2 fully saturated rings. The fraction of sp³-hybridized carbons (Fsp3) is 0.889. The van der Waals surface area contributed by atoms with E-state index in [1.807, 2.05) is 0 Å². The Morgan fingerprint density at radius 3 is 2.29 bits per heavy atom. The minimum atomic E-state index is -0.868. The molecule has 24 heavy (non-hydrogen) atoms. The van der Waals surface area contributed by atoms with Crippen LogP contribution in [-0.2, 0) is 23.8 Å². The summed E-state index contributed by atoms with van der Waals surface area (Å²) >= 11 is 0. The zero-order valence-corrected chi connectivity index (χ0v) is 15.5. The summed E-state index contributed by atoms with van der Waals surface area (Å²) < 4.78 is 16.2. The van der Waals surface area contributed by atoms with Gasteiger partial charge in [0.2, 0.25) is 0 Å². The van der Waals surface area contributed by atoms with Gasteiger partial charge in [-0.15, -0.1) is 0 Å². The fourth-order valence-electron chi connectivity index (χ4n) is 4.43. The molecule has 0 saturated carbocycles. The minimum absolute atomic E-state index is 0.132. The number of hydrogen-bond acceptors (Lipinski definition) is 5. The maximum atomic E-state index is 12.4. The number of piperidine rings is 1. The smallest absolute Gasteiger partial charge is 0.377 e. The number of nitrogens with one attached hydrogen (secondary N) is 1. The Bertz CT molecular complexity index is 442. The van der Waals surface area contributed by atoms with E-state index in [9.17, 15) is 9.59 Å². The predicted octanol–water partition coefficient (Wildman–Crippen LogP) is 0.735. The third-order valence-corrected chi connectivity index (χ3v) is 5.19. The van der Waals surface area contributed by atoms with Gasteiger partial charge in [0.05, 0.1) is 31.9 Å². The molecule has 6 heteroatoms. The highest BCUT2D eigenvalue weighted by molar-refractivity contribution is 5.97. The van der Waals surface area contributed by atoms with Gasteiger partial charge in [0.1, 0.15) is 0 Å². The van der Waals surface area contributed by atoms with Crippen molar-refractivity contribution < 1.29 is 28.7 Å². The van der Waals surface area contributed by atoms with E-state index in [4.69, 9.17) is 14.2 Å². The van der Waals surface area contributed by atoms with Crippen molar-refractivity contribution in [3.8, 4) is 0 Å². The van der Waals surface area contributed by atoms with Crippen molar-refractivity contribution in [1.82, 2.24) is 0 Å². The van der Waals surface area contributed by atoms with Gasteiger partial charge in [-0.05, 0) is 53.4 Å². The summed E-state index contributed by atoms with van der Waals surface area (Å²) in [4.78, 5) is 25.8. The van der Waals surface area contributed by atoms with E-state index in [2.05, 4.69) is 13.8 Å². The van der Waals surface area contributed by atoms with E-state index < -0.39 is 18.0 Å². The molecular formula is C18H32NO5+. The molecule has 0 aromatic rings. The van der Waals surface area contributed by atoms with Crippen LogP contribution in [-0.4, -0.2) is 56.5 Å². The van der Waals surface area contributed by atoms with Crippen LogP contribution in [0, 0.1) is 5.41 Å². The number of carbonyl (C=O) groups excluding carboxylic acids is 2. The van der Waals surface area contributed by atoms with Crippen LogP contribution in [0.1, 0.15) is 53.4 Å². The number of esters is 2. The van der Waals surface area contributed by atoms with Gasteiger partial charge in [0, 0.05) is 12.0 Å². The maximum Gasteiger partial charge on any atom is 0.377 e. The Kier molecular flexibility index (Phi) is 6.26. The number of hydrogen-bond donors (Lipinski definition) is 1. The van der Waals surface area contributed by atoms with Crippen LogP contribution in [0.25, 0.3) is 0 Å². The highest BCUT2D eigenvalue weighted by Gasteiger charge is 2.50. The second-order valence-electron chi connectivity index (χ2n) is 7.66. The Labute approximate surface area is 144 Å². The van der Waals surface area contributed by atoms with Crippen molar-refractivity contribution >= 4 is 11.9 Å². The van der Waals surface area contributed by atoms with Crippen molar-refractivity contribution in [3.63, 3.8) is 0 Å². The Morgan fingerprint density at radius 1 is 1.12 bits per heavy atom. The minimum Gasteiger partial charge on any atom is -0.461 e. The van der Waals surface area contributed by atoms with Crippen LogP contribution in [0.15, 0.2) is 0 Å². The Morgan fingerprint density at radius 2 is 1.75 bits per heavy atom. The third kappa shape index (κ3) is 4.48. The summed E-state index contributed by atoms with van der Waals surface area (Å²) in [5, 5.41) is 0. The third-order valence-electron chi connectivity index (χ3n) is 5.19. The molecule has 2 saturated heterocycles. The topological polar surface area (TPSA) is 66.3 Å². The molecule has 2 atom stereocenters. The van der Waals surface area contributed by atoms with Crippen molar-refractivity contribution in [3.05, 3.63) is 0 Å². The molecule has 0 aromatic heterocycles. The van der Waals surface area contributed by atoms with Crippen LogP contribution in [0.3, 0.4) is 0 Å². The normalized spacial score (nSPS) is 29.5. The van der Waals surface area contributed by atoms with E-state index in [1.54, 1.807) is 13.8 Å². The van der Waals surface area contributed by atoms with Crippen LogP contribution >= 0.6 is 0 Å². The highest BCUT2D eigenvalue weighted by Crippen LogP contribution is 2.42. The lowest BCUT2D eigenvalue weighted by Crippen LogP contribution is -3.20. The SMILES string of the molecule is CCOC(=O)C(C(=O)OCC)[NH+]1CCC[C@@]2(CCOC(C)(C)C2)C1. The zero-order valence-electron chi connectivity index (χ0n) is 15.5. The summed E-state index contributed by atoms with van der Waals surface area (Å²) in [7, 11) is 0. The average Bonchev–Trinajstić information content (AvgIpc) is 2.46. The van der Waals surface area contributed by atoms with E-state index in [0.29, 0.717) is 0 Å². The first-order valence-corrected chi connectivity index (χ1v) is 9.14. The first kappa shape index (κ1) is 19.2. The van der Waals surface area contributed by atoms with Crippen LogP contribution in [0.4, 0.5) is 0 Å². The van der Waals surface area contributed by atoms with Gasteiger partial charge in [0.25, 0.3) is 6.04 Å². The van der Waals surface area contributed by atoms with Crippen molar-refractivity contribution in [1.29, 1.82) is 0 Å². The molecule has 2 heterocycles. The standard InChI is InChI=1S/C18H31NO5/c1-5-22-15(20)14(16(21)23-6-2)19-10-7-8-18(13-19)9-11-24-17(3,4)12-18/h14H,5-13H2,1-4H3/p+1/t18-/m0/s1. The molecule has 1 unspecified atom stereocenters. The average molecular weight is 342 g/mol. The summed E-state index contributed by atoms with van der Waals surface area (Å²) in [6.07, 6.45) is 4.07. The van der Waals surface area contributed by atoms with Gasteiger partial charge in [-0.1, -0.05) is 0 Å². The first-order chi connectivity index (χ1) is 11.3. The molecule has 2 aliphatic rings.